The van der Waals surface area contributed by atoms with Gasteiger partial charge < -0.3 is 19.2 Å². The molecule has 2 N–H and O–H groups in total. The van der Waals surface area contributed by atoms with Crippen LogP contribution in [0.3, 0.4) is 0 Å². The van der Waals surface area contributed by atoms with E-state index < -0.39 is 17.6 Å². The molecular weight excluding hydrogens is 470 g/mol. The Kier molecular flexibility index (Phi) is 9.28. The van der Waals surface area contributed by atoms with E-state index in [1.807, 2.05) is 30.3 Å². The zero-order valence-electron chi connectivity index (χ0n) is 19.6. The number of nitrogens with zero attached hydrogens (tertiary/aromatic N) is 2. The Morgan fingerprint density at radius 3 is 2.54 bits per heavy atom. The van der Waals surface area contributed by atoms with E-state index in [1.54, 1.807) is 24.3 Å². The third-order valence-corrected chi connectivity index (χ3v) is 6.22. The van der Waals surface area contributed by atoms with Crippen LogP contribution in [-0.4, -0.2) is 48.6 Å². The number of nitrogens with one attached hydrogen (secondary N) is 1. The molecule has 0 saturated carbocycles. The van der Waals surface area contributed by atoms with Crippen molar-refractivity contribution in [3.05, 3.63) is 76.1 Å². The minimum atomic E-state index is -0.664. The van der Waals surface area contributed by atoms with E-state index in [0.717, 1.165) is 25.2 Å². The van der Waals surface area contributed by atoms with Crippen LogP contribution in [0.4, 0.5) is 4.79 Å². The summed E-state index contributed by atoms with van der Waals surface area (Å²) in [6.45, 7) is 2.87. The highest BCUT2D eigenvalue weighted by molar-refractivity contribution is 5.88. The lowest BCUT2D eigenvalue weighted by molar-refractivity contribution is 0.171. The van der Waals surface area contributed by atoms with Crippen molar-refractivity contribution < 1.29 is 19.1 Å². The van der Waals surface area contributed by atoms with E-state index in [4.69, 9.17) is 4.42 Å². The second kappa shape index (κ2) is 12.4. The number of carbonyl (C=O) groups excluding carboxylic acids is 1. The molecule has 2 heterocycles. The summed E-state index contributed by atoms with van der Waals surface area (Å²) in [5.74, 6) is -0.612. The van der Waals surface area contributed by atoms with Crippen LogP contribution in [0.5, 0.6) is 5.75 Å². The molecule has 0 bridgehead atoms. The molecule has 0 aliphatic carbocycles. The normalized spacial score (nSPS) is 14.9. The van der Waals surface area contributed by atoms with Gasteiger partial charge in [0.1, 0.15) is 11.3 Å². The van der Waals surface area contributed by atoms with E-state index in [2.05, 4.69) is 20.2 Å². The Balaban J connectivity index is 0.00000342. The lowest BCUT2D eigenvalue weighted by atomic mass is 9.86. The Hall–Kier alpha value is -3.36. The molecule has 1 amide bonds. The number of ether oxygens (including phenoxy) is 1. The van der Waals surface area contributed by atoms with Crippen LogP contribution < -0.4 is 11.1 Å². The van der Waals surface area contributed by atoms with E-state index >= 15 is 0 Å². The summed E-state index contributed by atoms with van der Waals surface area (Å²) in [4.78, 5) is 27.1. The average Bonchev–Trinajstić information content (AvgIpc) is 3.38. The quantitative estimate of drug-likeness (QED) is 0.266. The summed E-state index contributed by atoms with van der Waals surface area (Å²) in [5, 5.41) is 15.9. The van der Waals surface area contributed by atoms with Gasteiger partial charge in [0.15, 0.2) is 0 Å². The third-order valence-electron chi connectivity index (χ3n) is 6.22. The zero-order valence-corrected chi connectivity index (χ0v) is 20.4. The Bertz CT molecular complexity index is 1220. The van der Waals surface area contributed by atoms with E-state index in [0.29, 0.717) is 29.5 Å². The number of amides is 1. The number of methoxy groups -OCH3 is 1. The largest absolute Gasteiger partial charge is 0.507 e. The number of likely N-dealkylation sites (tertiary alicyclic amines) is 1. The molecule has 0 radical (unpaired) electrons. The molecule has 1 aliphatic rings. The van der Waals surface area contributed by atoms with Crippen LogP contribution >= 0.6 is 12.4 Å². The Morgan fingerprint density at radius 2 is 1.83 bits per heavy atom. The molecule has 8 nitrogen and oxygen atoms in total. The topological polar surface area (TPSA) is 104 Å². The van der Waals surface area contributed by atoms with Crippen molar-refractivity contribution >= 4 is 35.2 Å². The number of halogens is 1. The standard InChI is InChI=1S/C26H29N3O5.ClH/c1-33-26(32)28-27-19(13-16-29-14-7-8-15-29)17-21(18-9-3-2-4-10-18)23-24(30)20-11-5-6-12-22(20)34-25(23)31;/h2-6,9-12,21,30H,7-8,13-17H2,1H3,(H,28,32);1H/b27-19+;. The Labute approximate surface area is 210 Å². The van der Waals surface area contributed by atoms with Crippen molar-refractivity contribution in [3.63, 3.8) is 0 Å². The number of hydrogen-bond acceptors (Lipinski definition) is 7. The van der Waals surface area contributed by atoms with Gasteiger partial charge in [-0.25, -0.2) is 15.0 Å². The molecule has 1 unspecified atom stereocenters. The summed E-state index contributed by atoms with van der Waals surface area (Å²) in [5.41, 5.74) is 3.87. The van der Waals surface area contributed by atoms with Gasteiger partial charge in [-0.2, -0.15) is 5.10 Å². The van der Waals surface area contributed by atoms with Gasteiger partial charge in [0, 0.05) is 24.6 Å². The fraction of sp³-hybridized carbons (Fsp3) is 0.346. The maximum absolute atomic E-state index is 13.1. The zero-order chi connectivity index (χ0) is 23.9. The van der Waals surface area contributed by atoms with Crippen LogP contribution in [0, 0.1) is 0 Å². The molecule has 186 valence electrons. The van der Waals surface area contributed by atoms with E-state index in [-0.39, 0.29) is 23.7 Å². The summed E-state index contributed by atoms with van der Waals surface area (Å²) < 4.78 is 10.2. The lowest BCUT2D eigenvalue weighted by Gasteiger charge is -2.21. The molecule has 0 spiro atoms. The first-order chi connectivity index (χ1) is 16.6. The van der Waals surface area contributed by atoms with Crippen molar-refractivity contribution in [2.24, 2.45) is 5.10 Å². The average molecular weight is 500 g/mol. The van der Waals surface area contributed by atoms with Crippen molar-refractivity contribution in [1.29, 1.82) is 0 Å². The highest BCUT2D eigenvalue weighted by Gasteiger charge is 2.27. The van der Waals surface area contributed by atoms with Crippen LogP contribution in [-0.2, 0) is 4.74 Å². The molecule has 9 heteroatoms. The molecule has 1 aromatic heterocycles. The SMILES string of the molecule is COC(=O)N/N=C(\CCN1CCCC1)CC(c1ccccc1)c1c(O)c2ccccc2oc1=O.Cl. The molecular formula is C26H30ClN3O5. The first-order valence-electron chi connectivity index (χ1n) is 11.5. The van der Waals surface area contributed by atoms with E-state index in [1.165, 1.54) is 20.0 Å². The number of benzene rings is 2. The van der Waals surface area contributed by atoms with Crippen molar-refractivity contribution in [1.82, 2.24) is 10.3 Å². The second-order valence-corrected chi connectivity index (χ2v) is 8.40. The maximum atomic E-state index is 13.1. The van der Waals surface area contributed by atoms with Crippen LogP contribution in [0.2, 0.25) is 0 Å². The van der Waals surface area contributed by atoms with Crippen LogP contribution in [0.25, 0.3) is 11.0 Å². The molecule has 2 aromatic carbocycles. The fourth-order valence-electron chi connectivity index (χ4n) is 4.43. The number of hydrazone groups is 1. The van der Waals surface area contributed by atoms with E-state index in [9.17, 15) is 14.7 Å². The van der Waals surface area contributed by atoms with Crippen molar-refractivity contribution in [3.8, 4) is 5.75 Å². The van der Waals surface area contributed by atoms with Crippen molar-refractivity contribution in [2.75, 3.05) is 26.7 Å². The monoisotopic (exact) mass is 499 g/mol. The van der Waals surface area contributed by atoms with Gasteiger partial charge in [0.2, 0.25) is 0 Å². The van der Waals surface area contributed by atoms with Gasteiger partial charge in [-0.1, -0.05) is 42.5 Å². The third kappa shape index (κ3) is 6.41. The molecule has 3 aromatic rings. The van der Waals surface area contributed by atoms with Gasteiger partial charge in [-0.3, -0.25) is 0 Å². The smallest absolute Gasteiger partial charge is 0.427 e. The molecule has 1 aliphatic heterocycles. The minimum absolute atomic E-state index is 0. The molecule has 1 fully saturated rings. The van der Waals surface area contributed by atoms with Gasteiger partial charge in [0.25, 0.3) is 0 Å². The van der Waals surface area contributed by atoms with Crippen molar-refractivity contribution in [2.45, 2.75) is 31.6 Å². The van der Waals surface area contributed by atoms with Gasteiger partial charge in [0.05, 0.1) is 18.1 Å². The van der Waals surface area contributed by atoms with Gasteiger partial charge in [-0.05, 0) is 50.0 Å². The summed E-state index contributed by atoms with van der Waals surface area (Å²) in [7, 11) is 1.28. The second-order valence-electron chi connectivity index (χ2n) is 8.40. The molecule has 35 heavy (non-hydrogen) atoms. The first kappa shape index (κ1) is 26.2. The Morgan fingerprint density at radius 1 is 1.14 bits per heavy atom. The summed E-state index contributed by atoms with van der Waals surface area (Å²) >= 11 is 0. The van der Waals surface area contributed by atoms with Crippen LogP contribution in [0.1, 0.15) is 42.7 Å². The van der Waals surface area contributed by atoms with Gasteiger partial charge >= 0.3 is 11.7 Å². The number of carbonyl (C=O) groups is 1. The fourth-order valence-corrected chi connectivity index (χ4v) is 4.43. The maximum Gasteiger partial charge on any atom is 0.427 e. The predicted molar refractivity (Wildman–Crippen MR) is 138 cm³/mol. The molecule has 1 saturated heterocycles. The predicted octanol–water partition coefficient (Wildman–Crippen LogP) is 4.64. The molecule has 1 atom stereocenters. The van der Waals surface area contributed by atoms with Gasteiger partial charge in [-0.15, -0.1) is 12.4 Å². The number of fused-ring (bicyclic) bond motifs is 1. The number of hydrogen-bond donors (Lipinski definition) is 2. The number of aromatic hydroxyl groups is 1. The number of para-hydroxylation sites is 1. The summed E-state index contributed by atoms with van der Waals surface area (Å²) in [6.07, 6.45) is 2.60. The van der Waals surface area contributed by atoms with Crippen LogP contribution in [0.15, 0.2) is 68.9 Å². The lowest BCUT2D eigenvalue weighted by Crippen LogP contribution is -2.26. The summed E-state index contributed by atoms with van der Waals surface area (Å²) in [6, 6.07) is 16.4. The first-order valence-corrected chi connectivity index (χ1v) is 11.5. The minimum Gasteiger partial charge on any atom is -0.507 e. The highest BCUT2D eigenvalue weighted by Crippen LogP contribution is 2.36. The highest BCUT2D eigenvalue weighted by atomic mass is 35.5. The number of rotatable bonds is 8. The molecule has 4 rings (SSSR count).